The highest BCUT2D eigenvalue weighted by Gasteiger charge is 2.54. The summed E-state index contributed by atoms with van der Waals surface area (Å²) in [5.74, 6) is -0.249. The van der Waals surface area contributed by atoms with E-state index in [1.807, 2.05) is 0 Å². The summed E-state index contributed by atoms with van der Waals surface area (Å²) in [5.41, 5.74) is -1.90. The van der Waals surface area contributed by atoms with Crippen molar-refractivity contribution in [2.75, 3.05) is 11.9 Å². The van der Waals surface area contributed by atoms with E-state index >= 15 is 0 Å². The minimum absolute atomic E-state index is 0.00632. The zero-order chi connectivity index (χ0) is 25.6. The molecule has 0 aromatic carbocycles. The van der Waals surface area contributed by atoms with E-state index in [1.54, 1.807) is 52.1 Å². The van der Waals surface area contributed by atoms with Gasteiger partial charge in [0.1, 0.15) is 28.6 Å². The summed E-state index contributed by atoms with van der Waals surface area (Å²) < 4.78 is 35.1. The normalized spacial score (nSPS) is 26.7. The fourth-order valence-electron chi connectivity index (χ4n) is 3.51. The number of nitrogens with zero attached hydrogens (tertiary/aromatic N) is 3. The second kappa shape index (κ2) is 9.75. The van der Waals surface area contributed by atoms with Gasteiger partial charge in [-0.1, -0.05) is 46.0 Å². The average molecular weight is 578 g/mol. The lowest BCUT2D eigenvalue weighted by Crippen LogP contribution is -2.46. The molecule has 0 bridgehead atoms. The first-order chi connectivity index (χ1) is 15.6. The minimum Gasteiger partial charge on any atom is -0.437 e. The topological polar surface area (TPSA) is 108 Å². The number of halogens is 2. The Bertz CT molecular complexity index is 1070. The van der Waals surface area contributed by atoms with Gasteiger partial charge in [-0.3, -0.25) is 10.1 Å². The molecule has 1 saturated heterocycles. The molecule has 2 N–H and O–H groups in total. The summed E-state index contributed by atoms with van der Waals surface area (Å²) in [4.78, 5) is 21.2. The highest BCUT2D eigenvalue weighted by molar-refractivity contribution is 14.1. The Balaban J connectivity index is 2.06. The van der Waals surface area contributed by atoms with Crippen molar-refractivity contribution in [2.45, 2.75) is 65.4 Å². The van der Waals surface area contributed by atoms with Crippen molar-refractivity contribution in [3.8, 4) is 0 Å². The van der Waals surface area contributed by atoms with Crippen molar-refractivity contribution in [1.29, 1.82) is 2.67 Å². The molecule has 0 aliphatic carbocycles. The third-order valence-electron chi connectivity index (χ3n) is 5.17. The third kappa shape index (κ3) is 4.95. The zero-order valence-corrected chi connectivity index (χ0v) is 21.8. The molecule has 32 heavy (non-hydrogen) atoms. The van der Waals surface area contributed by atoms with Gasteiger partial charge in [-0.05, 0) is 29.5 Å². The molecule has 9 nitrogen and oxygen atoms in total. The molecule has 3 heterocycles. The number of carbonyl (C=O) groups excluding carboxylic acids is 1. The van der Waals surface area contributed by atoms with Gasteiger partial charge in [0.25, 0.3) is 14.9 Å². The number of hydrogen-bond acceptors (Lipinski definition) is 7. The van der Waals surface area contributed by atoms with Gasteiger partial charge in [0, 0.05) is 17.9 Å². The Hall–Kier alpha value is -0.920. The van der Waals surface area contributed by atoms with Crippen LogP contribution < -0.4 is 5.32 Å². The van der Waals surface area contributed by atoms with Crippen LogP contribution in [0.5, 0.6) is 0 Å². The summed E-state index contributed by atoms with van der Waals surface area (Å²) >= 11 is 8.54. The van der Waals surface area contributed by atoms with E-state index in [0.29, 0.717) is 11.0 Å². The van der Waals surface area contributed by atoms with Crippen LogP contribution in [0.2, 0.25) is 18.8 Å². The van der Waals surface area contributed by atoms with Crippen LogP contribution in [0.25, 0.3) is 11.0 Å². The van der Waals surface area contributed by atoms with Gasteiger partial charge in [0.2, 0.25) is 11.9 Å². The molecule has 1 aliphatic heterocycles. The zero-order valence-electron chi connectivity index (χ0n) is 20.8. The number of fused-ring (bicyclic) bond motifs is 1. The van der Waals surface area contributed by atoms with Crippen LogP contribution in [0.3, 0.4) is 0 Å². The maximum Gasteiger partial charge on any atom is 0.272 e. The number of nitrogens with one attached hydrogen (secondary N) is 1. The monoisotopic (exact) mass is 578 g/mol. The van der Waals surface area contributed by atoms with Crippen LogP contribution in [0.4, 0.5) is 5.95 Å². The third-order valence-corrected chi connectivity index (χ3v) is 6.26. The molecule has 0 spiro atoms. The molecule has 1 unspecified atom stereocenters. The first-order valence-electron chi connectivity index (χ1n) is 11.3. The van der Waals surface area contributed by atoms with Crippen LogP contribution in [-0.2, 0) is 18.8 Å². The Labute approximate surface area is 210 Å². The first-order valence-corrected chi connectivity index (χ1v) is 11.6. The fourth-order valence-corrected chi connectivity index (χ4v) is 4.74. The molecule has 1 amide bonds. The van der Waals surface area contributed by atoms with Crippen molar-refractivity contribution in [3.05, 3.63) is 14.9 Å². The maximum absolute atomic E-state index is 12.5. The minimum atomic E-state index is -1.59. The summed E-state index contributed by atoms with van der Waals surface area (Å²) in [6, 6.07) is 0. The van der Waals surface area contributed by atoms with Gasteiger partial charge >= 0.3 is 0 Å². The number of rotatable bonds is 7. The van der Waals surface area contributed by atoms with Crippen molar-refractivity contribution in [1.82, 2.24) is 14.5 Å². The van der Waals surface area contributed by atoms with Gasteiger partial charge in [0.15, 0.2) is 6.23 Å². The quantitative estimate of drug-likeness (QED) is 0.296. The molecular formula is C19H28B2ClIN4O5. The highest BCUT2D eigenvalue weighted by Crippen LogP contribution is 2.43. The molecule has 1 fully saturated rings. The molecule has 13 heteroatoms. The van der Waals surface area contributed by atoms with Gasteiger partial charge in [0.05, 0.1) is 12.0 Å². The van der Waals surface area contributed by atoms with E-state index < -0.39 is 44.3 Å². The predicted octanol–water partition coefficient (Wildman–Crippen LogP) is 2.52. The number of ether oxygens (including phenoxy) is 1. The lowest BCUT2D eigenvalue weighted by Gasteiger charge is -2.30. The molecule has 1 aliphatic rings. The number of aliphatic hydroxyl groups is 1. The summed E-state index contributed by atoms with van der Waals surface area (Å²) in [7, 11) is -1.72. The lowest BCUT2D eigenvalue weighted by atomic mass is 9.93. The molecule has 2 aromatic rings. The van der Waals surface area contributed by atoms with E-state index in [9.17, 15) is 9.90 Å². The summed E-state index contributed by atoms with van der Waals surface area (Å²) in [6.45, 7) is 9.97. The number of amides is 1. The Morgan fingerprint density at radius 1 is 1.47 bits per heavy atom. The number of hydrogen-bond donors (Lipinski definition) is 2. The number of anilines is 1. The van der Waals surface area contributed by atoms with Crippen molar-refractivity contribution >= 4 is 72.0 Å². The highest BCUT2D eigenvalue weighted by atomic mass is 127. The van der Waals surface area contributed by atoms with Gasteiger partial charge in [-0.25, -0.2) is 0 Å². The number of carbonyl (C=O) groups is 1. The molecular weight excluding hydrogens is 548 g/mol. The number of aromatic nitrogens is 3. The maximum atomic E-state index is 12.5. The van der Waals surface area contributed by atoms with E-state index in [-0.39, 0.29) is 23.6 Å². The van der Waals surface area contributed by atoms with Gasteiger partial charge in [-0.2, -0.15) is 9.97 Å². The molecule has 3 rings (SSSR count). The van der Waals surface area contributed by atoms with E-state index in [0.717, 1.165) is 3.57 Å². The Kier molecular flexibility index (Phi) is 6.96. The fraction of sp³-hybridized carbons (Fsp3) is 0.632. The van der Waals surface area contributed by atoms with Gasteiger partial charge < -0.3 is 23.7 Å². The van der Waals surface area contributed by atoms with E-state index in [4.69, 9.17) is 28.3 Å². The SMILES string of the molecule is [2H]B(C)OC[C@H]1OC(n2cc(I)c3c(Cl)nc(NC(=O)C(C)(C)C)nc32)[C@](C)(O)[C@@H]1OB([2H])C. The van der Waals surface area contributed by atoms with Crippen molar-refractivity contribution in [3.63, 3.8) is 0 Å². The Morgan fingerprint density at radius 3 is 2.75 bits per heavy atom. The van der Waals surface area contributed by atoms with Crippen LogP contribution in [-0.4, -0.2) is 67.5 Å². The second-order valence-corrected chi connectivity index (χ2v) is 10.3. The smallest absolute Gasteiger partial charge is 0.272 e. The Morgan fingerprint density at radius 2 is 2.16 bits per heavy atom. The van der Waals surface area contributed by atoms with Crippen molar-refractivity contribution in [2.24, 2.45) is 5.41 Å². The van der Waals surface area contributed by atoms with E-state index in [1.165, 1.54) is 0 Å². The molecule has 4 atom stereocenters. The standard InChI is InChI=1S/C19H28B2ClIN4O5/c1-18(2,3)15(28)26-17-24-13(22)11-9(23)7-27(14(11)25-17)16-19(4,29)12(32-21-6)10(31-16)8-30-20-5/h7,10,12,16,20-21,29H,8H2,1-6H3,(H,24,25,26,28)/t10-,12-,16?,19-/m1/s1/i20D,21D. The largest absolute Gasteiger partial charge is 0.437 e. The summed E-state index contributed by atoms with van der Waals surface area (Å²) in [5, 5.41) is 14.9. The second-order valence-electron chi connectivity index (χ2n) is 8.74. The molecule has 0 radical (unpaired) electrons. The van der Waals surface area contributed by atoms with Crippen LogP contribution in [0.15, 0.2) is 6.20 Å². The first kappa shape index (κ1) is 22.9. The average Bonchev–Trinajstić information content (AvgIpc) is 3.13. The van der Waals surface area contributed by atoms with Gasteiger partial charge in [-0.15, -0.1) is 0 Å². The predicted molar refractivity (Wildman–Crippen MR) is 135 cm³/mol. The van der Waals surface area contributed by atoms with Crippen LogP contribution in [0, 0.1) is 8.99 Å². The lowest BCUT2D eigenvalue weighted by molar-refractivity contribution is -0.123. The van der Waals surface area contributed by atoms with E-state index in [2.05, 4.69) is 37.9 Å². The van der Waals surface area contributed by atoms with Crippen LogP contribution >= 0.6 is 34.2 Å². The van der Waals surface area contributed by atoms with Crippen molar-refractivity contribution < 1.29 is 23.9 Å². The molecule has 174 valence electrons. The summed E-state index contributed by atoms with van der Waals surface area (Å²) in [6.07, 6.45) is -0.906. The molecule has 2 aromatic heterocycles. The molecule has 0 saturated carbocycles. The van der Waals surface area contributed by atoms with Crippen LogP contribution in [0.1, 0.15) is 33.9 Å².